The standard InChI is InChI=1S/C33H44N8O2/c1-6-43-29-9-7-8-26(20-29)23-41-32-30(21-36-41)31(34-24-35-32)38-16-18-39(19-17-38)33(42)27-10-12-28(13-11-27)40(22-25(2)3)15-14-37(4)5/h7-13,20-21,24-25H,6,14-19,22-23H2,1-5H3. The van der Waals surface area contributed by atoms with Gasteiger partial charge in [-0.25, -0.2) is 14.6 Å². The Morgan fingerprint density at radius 3 is 2.47 bits per heavy atom. The Bertz CT molecular complexity index is 1490. The first-order valence-corrected chi connectivity index (χ1v) is 15.2. The molecule has 2 aromatic heterocycles. The van der Waals surface area contributed by atoms with Gasteiger partial charge in [-0.05, 0) is 68.9 Å². The summed E-state index contributed by atoms with van der Waals surface area (Å²) in [5.74, 6) is 2.34. The predicted octanol–water partition coefficient (Wildman–Crippen LogP) is 4.26. The molecule has 1 aliphatic rings. The number of anilines is 2. The molecular weight excluding hydrogens is 540 g/mol. The zero-order valence-electron chi connectivity index (χ0n) is 26.1. The van der Waals surface area contributed by atoms with Crippen LogP contribution in [0.1, 0.15) is 36.7 Å². The van der Waals surface area contributed by atoms with Crippen molar-refractivity contribution in [2.45, 2.75) is 27.3 Å². The van der Waals surface area contributed by atoms with Gasteiger partial charge in [-0.3, -0.25) is 4.79 Å². The second kappa shape index (κ2) is 13.9. The zero-order chi connectivity index (χ0) is 30.3. The maximum Gasteiger partial charge on any atom is 0.253 e. The van der Waals surface area contributed by atoms with Gasteiger partial charge < -0.3 is 24.3 Å². The summed E-state index contributed by atoms with van der Waals surface area (Å²) >= 11 is 0. The van der Waals surface area contributed by atoms with Crippen molar-refractivity contribution in [3.8, 4) is 5.75 Å². The van der Waals surface area contributed by atoms with Crippen LogP contribution < -0.4 is 14.5 Å². The molecule has 3 heterocycles. The molecule has 0 spiro atoms. The van der Waals surface area contributed by atoms with Crippen LogP contribution in [0.2, 0.25) is 0 Å². The van der Waals surface area contributed by atoms with E-state index in [0.29, 0.717) is 45.2 Å². The molecule has 0 saturated carbocycles. The Labute approximate surface area is 254 Å². The Hall–Kier alpha value is -4.18. The number of benzene rings is 2. The highest BCUT2D eigenvalue weighted by molar-refractivity contribution is 5.95. The van der Waals surface area contributed by atoms with Crippen molar-refractivity contribution >= 4 is 28.4 Å². The van der Waals surface area contributed by atoms with E-state index in [1.165, 1.54) is 0 Å². The number of ether oxygens (including phenoxy) is 1. The SMILES string of the molecule is CCOc1cccc(Cn2ncc3c(N4CCN(C(=O)c5ccc(N(CCN(C)C)CC(C)C)cc5)CC4)ncnc32)c1. The lowest BCUT2D eigenvalue weighted by Gasteiger charge is -2.35. The van der Waals surface area contributed by atoms with Gasteiger partial charge in [0.25, 0.3) is 5.91 Å². The lowest BCUT2D eigenvalue weighted by atomic mass is 10.1. The molecule has 1 aliphatic heterocycles. The van der Waals surface area contributed by atoms with Crippen LogP contribution in [-0.4, -0.2) is 102 Å². The molecule has 10 nitrogen and oxygen atoms in total. The number of nitrogens with zero attached hydrogens (tertiary/aromatic N) is 8. The summed E-state index contributed by atoms with van der Waals surface area (Å²) in [7, 11) is 4.19. The van der Waals surface area contributed by atoms with E-state index in [9.17, 15) is 4.79 Å². The zero-order valence-corrected chi connectivity index (χ0v) is 26.1. The van der Waals surface area contributed by atoms with E-state index < -0.39 is 0 Å². The normalized spacial score (nSPS) is 13.7. The molecule has 43 heavy (non-hydrogen) atoms. The largest absolute Gasteiger partial charge is 0.494 e. The van der Waals surface area contributed by atoms with Crippen LogP contribution in [0.15, 0.2) is 61.1 Å². The minimum atomic E-state index is 0.0739. The first-order chi connectivity index (χ1) is 20.8. The monoisotopic (exact) mass is 584 g/mol. The molecule has 10 heteroatoms. The van der Waals surface area contributed by atoms with Gasteiger partial charge in [-0.1, -0.05) is 26.0 Å². The summed E-state index contributed by atoms with van der Waals surface area (Å²) in [6.07, 6.45) is 3.45. The van der Waals surface area contributed by atoms with Crippen molar-refractivity contribution in [1.29, 1.82) is 0 Å². The average molecular weight is 585 g/mol. The number of carbonyl (C=O) groups is 1. The highest BCUT2D eigenvalue weighted by atomic mass is 16.5. The molecule has 0 bridgehead atoms. The van der Waals surface area contributed by atoms with Crippen molar-refractivity contribution in [3.05, 3.63) is 72.2 Å². The molecule has 0 aliphatic carbocycles. The van der Waals surface area contributed by atoms with Crippen molar-refractivity contribution < 1.29 is 9.53 Å². The molecule has 0 N–H and O–H groups in total. The summed E-state index contributed by atoms with van der Waals surface area (Å²) in [5.41, 5.74) is 3.78. The highest BCUT2D eigenvalue weighted by Gasteiger charge is 2.25. The van der Waals surface area contributed by atoms with Gasteiger partial charge in [0.1, 0.15) is 17.9 Å². The lowest BCUT2D eigenvalue weighted by molar-refractivity contribution is 0.0746. The number of piperazine rings is 1. The fourth-order valence-electron chi connectivity index (χ4n) is 5.53. The van der Waals surface area contributed by atoms with Gasteiger partial charge >= 0.3 is 0 Å². The van der Waals surface area contributed by atoms with Crippen molar-refractivity contribution in [3.63, 3.8) is 0 Å². The van der Waals surface area contributed by atoms with Crippen molar-refractivity contribution in [2.75, 3.05) is 76.3 Å². The maximum absolute atomic E-state index is 13.4. The predicted molar refractivity (Wildman–Crippen MR) is 172 cm³/mol. The van der Waals surface area contributed by atoms with Gasteiger partial charge in [-0.2, -0.15) is 5.10 Å². The van der Waals surface area contributed by atoms with Gasteiger partial charge in [0, 0.05) is 57.1 Å². The number of rotatable bonds is 12. The number of carbonyl (C=O) groups excluding carboxylic acids is 1. The molecule has 1 saturated heterocycles. The molecule has 2 aromatic carbocycles. The van der Waals surface area contributed by atoms with Crippen LogP contribution in [0.25, 0.3) is 11.0 Å². The smallest absolute Gasteiger partial charge is 0.253 e. The van der Waals surface area contributed by atoms with Gasteiger partial charge in [-0.15, -0.1) is 0 Å². The Kier molecular flexibility index (Phi) is 9.76. The number of hydrogen-bond donors (Lipinski definition) is 0. The van der Waals surface area contributed by atoms with Gasteiger partial charge in [0.15, 0.2) is 5.65 Å². The minimum absolute atomic E-state index is 0.0739. The fourth-order valence-corrected chi connectivity index (χ4v) is 5.53. The second-order valence-electron chi connectivity index (χ2n) is 11.8. The summed E-state index contributed by atoms with van der Waals surface area (Å²) in [6, 6.07) is 16.2. The molecule has 228 valence electrons. The van der Waals surface area contributed by atoms with E-state index in [4.69, 9.17) is 4.74 Å². The molecule has 5 rings (SSSR count). The molecule has 4 aromatic rings. The van der Waals surface area contributed by atoms with Gasteiger partial charge in [0.2, 0.25) is 0 Å². The first-order valence-electron chi connectivity index (χ1n) is 15.2. The van der Waals surface area contributed by atoms with Crippen LogP contribution in [0.5, 0.6) is 5.75 Å². The van der Waals surface area contributed by atoms with Crippen LogP contribution >= 0.6 is 0 Å². The summed E-state index contributed by atoms with van der Waals surface area (Å²) in [6.45, 7) is 13.3. The fraction of sp³-hybridized carbons (Fsp3) is 0.455. The van der Waals surface area contributed by atoms with Gasteiger partial charge in [0.05, 0.1) is 24.7 Å². The molecule has 0 atom stereocenters. The van der Waals surface area contributed by atoms with Crippen LogP contribution in [0.4, 0.5) is 11.5 Å². The molecular formula is C33H44N8O2. The van der Waals surface area contributed by atoms with E-state index >= 15 is 0 Å². The summed E-state index contributed by atoms with van der Waals surface area (Å²) in [4.78, 5) is 31.4. The second-order valence-corrected chi connectivity index (χ2v) is 11.8. The highest BCUT2D eigenvalue weighted by Crippen LogP contribution is 2.25. The third-order valence-electron chi connectivity index (χ3n) is 7.70. The topological polar surface area (TPSA) is 82.9 Å². The lowest BCUT2D eigenvalue weighted by Crippen LogP contribution is -2.49. The molecule has 1 fully saturated rings. The van der Waals surface area contributed by atoms with Crippen LogP contribution in [0.3, 0.4) is 0 Å². The third kappa shape index (κ3) is 7.43. The van der Waals surface area contributed by atoms with Crippen LogP contribution in [-0.2, 0) is 6.54 Å². The van der Waals surface area contributed by atoms with E-state index in [1.54, 1.807) is 6.33 Å². The average Bonchev–Trinajstić information content (AvgIpc) is 3.42. The number of aromatic nitrogens is 4. The Morgan fingerprint density at radius 1 is 1.00 bits per heavy atom. The van der Waals surface area contributed by atoms with Crippen molar-refractivity contribution in [1.82, 2.24) is 29.5 Å². The third-order valence-corrected chi connectivity index (χ3v) is 7.70. The Balaban J connectivity index is 1.22. The van der Waals surface area contributed by atoms with E-state index in [1.807, 2.05) is 53.0 Å². The van der Waals surface area contributed by atoms with E-state index in [0.717, 1.165) is 59.0 Å². The molecule has 0 radical (unpaired) electrons. The summed E-state index contributed by atoms with van der Waals surface area (Å²) in [5, 5.41) is 5.55. The number of amides is 1. The number of fused-ring (bicyclic) bond motifs is 1. The van der Waals surface area contributed by atoms with E-state index in [-0.39, 0.29) is 5.91 Å². The quantitative estimate of drug-likeness (QED) is 0.244. The Morgan fingerprint density at radius 2 is 1.77 bits per heavy atom. The molecule has 0 unspecified atom stereocenters. The number of likely N-dealkylation sites (N-methyl/N-ethyl adjacent to an activating group) is 1. The molecule has 1 amide bonds. The van der Waals surface area contributed by atoms with Crippen molar-refractivity contribution in [2.24, 2.45) is 5.92 Å². The minimum Gasteiger partial charge on any atom is -0.494 e. The number of hydrogen-bond acceptors (Lipinski definition) is 8. The van der Waals surface area contributed by atoms with Crippen LogP contribution in [0, 0.1) is 5.92 Å². The first kappa shape index (κ1) is 30.3. The maximum atomic E-state index is 13.4. The summed E-state index contributed by atoms with van der Waals surface area (Å²) < 4.78 is 7.56. The van der Waals surface area contributed by atoms with E-state index in [2.05, 4.69) is 75.9 Å².